The van der Waals surface area contributed by atoms with Gasteiger partial charge in [-0.1, -0.05) is 0 Å². The topological polar surface area (TPSA) is 94.1 Å². The van der Waals surface area contributed by atoms with Crippen molar-refractivity contribution < 1.29 is 19.0 Å². The molecule has 9 heteroatoms. The number of aliphatic imine (C=N–C) groups is 1. The lowest BCUT2D eigenvalue weighted by Crippen LogP contribution is -2.38. The minimum Gasteiger partial charge on any atom is -0.462 e. The number of carbonyl (C=O) groups excluding carboxylic acids is 1. The highest BCUT2D eigenvalue weighted by Gasteiger charge is 2.20. The van der Waals surface area contributed by atoms with Crippen LogP contribution in [-0.4, -0.2) is 63.0 Å². The van der Waals surface area contributed by atoms with Crippen LogP contribution in [0.25, 0.3) is 0 Å². The summed E-state index contributed by atoms with van der Waals surface area (Å²) in [5.41, 5.74) is 0.698. The second-order valence-electron chi connectivity index (χ2n) is 6.97. The largest absolute Gasteiger partial charge is 0.462 e. The molecule has 0 spiro atoms. The lowest BCUT2D eigenvalue weighted by Gasteiger charge is -2.16. The summed E-state index contributed by atoms with van der Waals surface area (Å²) in [4.78, 5) is 21.7. The molecule has 0 bridgehead atoms. The van der Waals surface area contributed by atoms with Crippen LogP contribution in [0.4, 0.5) is 0 Å². The molecule has 8 nitrogen and oxygen atoms in total. The number of thiazole rings is 1. The smallest absolute Gasteiger partial charge is 0.350 e. The molecule has 0 radical (unpaired) electrons. The maximum atomic E-state index is 12.0. The van der Waals surface area contributed by atoms with Gasteiger partial charge in [-0.2, -0.15) is 0 Å². The molecule has 2 rings (SSSR count). The normalized spacial score (nSPS) is 17.9. The average molecular weight is 427 g/mol. The molecule has 2 heterocycles. The number of hydrogen-bond acceptors (Lipinski definition) is 7. The summed E-state index contributed by atoms with van der Waals surface area (Å²) >= 11 is 1.36. The molecule has 2 N–H and O–H groups in total. The molecule has 1 aromatic heterocycles. The zero-order valence-corrected chi connectivity index (χ0v) is 18.8. The van der Waals surface area contributed by atoms with Gasteiger partial charge in [0.2, 0.25) is 0 Å². The van der Waals surface area contributed by atoms with Crippen LogP contribution in [-0.2, 0) is 14.2 Å². The SMILES string of the molecule is CCNC(=NCCCOCC1CCOC1)NC(C)c1nc(C)c(C(=O)OCC)s1. The van der Waals surface area contributed by atoms with E-state index in [0.29, 0.717) is 36.2 Å². The molecular weight excluding hydrogens is 392 g/mol. The Hall–Kier alpha value is -1.71. The lowest BCUT2D eigenvalue weighted by atomic mass is 10.1. The molecular formula is C20H34N4O4S. The van der Waals surface area contributed by atoms with E-state index in [1.54, 1.807) is 6.92 Å². The van der Waals surface area contributed by atoms with Crippen molar-refractivity contribution in [3.63, 3.8) is 0 Å². The number of nitrogens with zero attached hydrogens (tertiary/aromatic N) is 2. The summed E-state index contributed by atoms with van der Waals surface area (Å²) < 4.78 is 16.2. The van der Waals surface area contributed by atoms with E-state index in [0.717, 1.165) is 50.2 Å². The number of hydrogen-bond donors (Lipinski definition) is 2. The van der Waals surface area contributed by atoms with Gasteiger partial charge in [-0.25, -0.2) is 9.78 Å². The summed E-state index contributed by atoms with van der Waals surface area (Å²) in [6, 6.07) is -0.0710. The van der Waals surface area contributed by atoms with Gasteiger partial charge in [-0.3, -0.25) is 4.99 Å². The van der Waals surface area contributed by atoms with Crippen LogP contribution >= 0.6 is 11.3 Å². The van der Waals surface area contributed by atoms with Gasteiger partial charge in [0.05, 0.1) is 31.6 Å². The van der Waals surface area contributed by atoms with Gasteiger partial charge in [-0.15, -0.1) is 11.3 Å². The first-order valence-electron chi connectivity index (χ1n) is 10.4. The monoisotopic (exact) mass is 426 g/mol. The van der Waals surface area contributed by atoms with E-state index < -0.39 is 0 Å². The van der Waals surface area contributed by atoms with Gasteiger partial charge in [0.15, 0.2) is 5.96 Å². The fourth-order valence-corrected chi connectivity index (χ4v) is 3.86. The molecule has 29 heavy (non-hydrogen) atoms. The van der Waals surface area contributed by atoms with Crippen molar-refractivity contribution in [3.8, 4) is 0 Å². The zero-order chi connectivity index (χ0) is 21.1. The molecule has 164 valence electrons. The Morgan fingerprint density at radius 3 is 2.97 bits per heavy atom. The van der Waals surface area contributed by atoms with Gasteiger partial charge in [0.1, 0.15) is 9.88 Å². The number of guanidine groups is 1. The number of ether oxygens (including phenoxy) is 3. The zero-order valence-electron chi connectivity index (χ0n) is 18.0. The Balaban J connectivity index is 1.81. The van der Waals surface area contributed by atoms with Gasteiger partial charge in [0, 0.05) is 32.2 Å². The predicted molar refractivity (Wildman–Crippen MR) is 115 cm³/mol. The van der Waals surface area contributed by atoms with E-state index in [1.807, 2.05) is 20.8 Å². The van der Waals surface area contributed by atoms with Crippen molar-refractivity contribution in [2.45, 2.75) is 46.6 Å². The number of esters is 1. The van der Waals surface area contributed by atoms with Crippen molar-refractivity contribution in [1.82, 2.24) is 15.6 Å². The molecule has 0 aliphatic carbocycles. The lowest BCUT2D eigenvalue weighted by molar-refractivity contribution is 0.0531. The van der Waals surface area contributed by atoms with Crippen LogP contribution < -0.4 is 10.6 Å². The van der Waals surface area contributed by atoms with Crippen molar-refractivity contribution >= 4 is 23.3 Å². The summed E-state index contributed by atoms with van der Waals surface area (Å²) in [5.74, 6) is 0.958. The molecule has 1 fully saturated rings. The standard InChI is InChI=1S/C20H34N4O4S/c1-5-21-20(22-9-7-10-26-12-16-8-11-27-13-16)24-15(4)18-23-14(3)17(29-18)19(25)28-6-2/h15-16H,5-13H2,1-4H3,(H2,21,22,24). The number of nitrogens with one attached hydrogen (secondary N) is 2. The predicted octanol–water partition coefficient (Wildman–Crippen LogP) is 2.69. The maximum Gasteiger partial charge on any atom is 0.350 e. The highest BCUT2D eigenvalue weighted by molar-refractivity contribution is 7.13. The van der Waals surface area contributed by atoms with Crippen molar-refractivity contribution in [2.75, 3.05) is 46.1 Å². The van der Waals surface area contributed by atoms with Gasteiger partial charge in [0.25, 0.3) is 0 Å². The van der Waals surface area contributed by atoms with Crippen LogP contribution in [0.15, 0.2) is 4.99 Å². The number of rotatable bonds is 11. The molecule has 1 aromatic rings. The molecule has 1 aliphatic heterocycles. The van der Waals surface area contributed by atoms with Crippen LogP contribution in [0.5, 0.6) is 0 Å². The van der Waals surface area contributed by atoms with Crippen LogP contribution in [0, 0.1) is 12.8 Å². The Kier molecular flexibility index (Phi) is 10.4. The number of aromatic nitrogens is 1. The average Bonchev–Trinajstić information content (AvgIpc) is 3.34. The third kappa shape index (κ3) is 7.91. The van der Waals surface area contributed by atoms with Crippen molar-refractivity contribution in [2.24, 2.45) is 10.9 Å². The molecule has 0 amide bonds. The summed E-state index contributed by atoms with van der Waals surface area (Å²) in [5, 5.41) is 7.44. The molecule has 2 atom stereocenters. The van der Waals surface area contributed by atoms with Crippen LogP contribution in [0.1, 0.15) is 60.0 Å². The third-order valence-corrected chi connectivity index (χ3v) is 5.76. The molecule has 0 aromatic carbocycles. The maximum absolute atomic E-state index is 12.0. The molecule has 0 saturated carbocycles. The molecule has 1 saturated heterocycles. The molecule has 2 unspecified atom stereocenters. The highest BCUT2D eigenvalue weighted by Crippen LogP contribution is 2.24. The first-order valence-corrected chi connectivity index (χ1v) is 11.2. The quantitative estimate of drug-likeness (QED) is 0.243. The number of carbonyl (C=O) groups is 1. The first-order chi connectivity index (χ1) is 14.0. The Morgan fingerprint density at radius 1 is 1.45 bits per heavy atom. The Labute approximate surface area is 177 Å². The van der Waals surface area contributed by atoms with Gasteiger partial charge < -0.3 is 24.8 Å². The summed E-state index contributed by atoms with van der Waals surface area (Å²) in [6.45, 7) is 12.6. The fourth-order valence-electron chi connectivity index (χ4n) is 2.90. The first kappa shape index (κ1) is 23.6. The van der Waals surface area contributed by atoms with E-state index in [4.69, 9.17) is 14.2 Å². The van der Waals surface area contributed by atoms with Crippen molar-refractivity contribution in [3.05, 3.63) is 15.6 Å². The highest BCUT2D eigenvalue weighted by atomic mass is 32.1. The van der Waals surface area contributed by atoms with E-state index in [1.165, 1.54) is 11.3 Å². The fraction of sp³-hybridized carbons (Fsp3) is 0.750. The molecule has 1 aliphatic rings. The third-order valence-electron chi connectivity index (χ3n) is 4.44. The summed E-state index contributed by atoms with van der Waals surface area (Å²) in [6.07, 6.45) is 1.96. The Bertz CT molecular complexity index is 659. The van der Waals surface area contributed by atoms with Crippen molar-refractivity contribution in [1.29, 1.82) is 0 Å². The summed E-state index contributed by atoms with van der Waals surface area (Å²) in [7, 11) is 0. The second-order valence-corrected chi connectivity index (χ2v) is 8.00. The van der Waals surface area contributed by atoms with E-state index in [-0.39, 0.29) is 12.0 Å². The minimum absolute atomic E-state index is 0.0710. The Morgan fingerprint density at radius 2 is 2.28 bits per heavy atom. The van der Waals surface area contributed by atoms with Gasteiger partial charge in [-0.05, 0) is 40.5 Å². The number of aryl methyl sites for hydroxylation is 1. The van der Waals surface area contributed by atoms with Crippen LogP contribution in [0.2, 0.25) is 0 Å². The second kappa shape index (κ2) is 12.8. The van der Waals surface area contributed by atoms with Crippen LogP contribution in [0.3, 0.4) is 0 Å². The van der Waals surface area contributed by atoms with Gasteiger partial charge >= 0.3 is 5.97 Å². The van der Waals surface area contributed by atoms with E-state index in [9.17, 15) is 4.79 Å². The minimum atomic E-state index is -0.314. The van der Waals surface area contributed by atoms with E-state index >= 15 is 0 Å². The van der Waals surface area contributed by atoms with E-state index in [2.05, 4.69) is 20.6 Å².